The van der Waals surface area contributed by atoms with Gasteiger partial charge in [-0.1, -0.05) is 73.3 Å². The molecule has 8 heteroatoms. The first-order valence-corrected chi connectivity index (χ1v) is 13.7. The van der Waals surface area contributed by atoms with Crippen LogP contribution in [0.5, 0.6) is 5.75 Å². The van der Waals surface area contributed by atoms with Crippen LogP contribution < -0.4 is 15.4 Å². The second kappa shape index (κ2) is 11.6. The molecule has 0 aliphatic carbocycles. The Morgan fingerprint density at radius 3 is 2.66 bits per heavy atom. The summed E-state index contributed by atoms with van der Waals surface area (Å²) in [5.41, 5.74) is 5.12. The van der Waals surface area contributed by atoms with Crippen LogP contribution in [0, 0.1) is 6.92 Å². The van der Waals surface area contributed by atoms with E-state index in [4.69, 9.17) is 14.8 Å². The molecule has 1 aliphatic heterocycles. The molecular weight excluding hydrogens is 494 g/mol. The molecule has 1 atom stereocenters. The number of benzene rings is 3. The van der Waals surface area contributed by atoms with Gasteiger partial charge in [0.25, 0.3) is 5.91 Å². The van der Waals surface area contributed by atoms with Crippen LogP contribution in [-0.2, 0) is 11.4 Å². The third-order valence-electron chi connectivity index (χ3n) is 6.21. The summed E-state index contributed by atoms with van der Waals surface area (Å²) in [6.45, 7) is 6.50. The molecule has 1 unspecified atom stereocenters. The largest absolute Gasteiger partial charge is 0.489 e. The summed E-state index contributed by atoms with van der Waals surface area (Å²) in [6, 6.07) is 25.2. The van der Waals surface area contributed by atoms with Gasteiger partial charge < -0.3 is 15.4 Å². The summed E-state index contributed by atoms with van der Waals surface area (Å²) in [7, 11) is 0. The molecule has 194 valence electrons. The molecule has 7 nitrogen and oxygen atoms in total. The number of allylic oxidation sites excluding steroid dienone is 1. The highest BCUT2D eigenvalue weighted by Gasteiger charge is 2.34. The molecule has 2 heterocycles. The number of ether oxygens (including phenoxy) is 1. The molecule has 0 saturated carbocycles. The Labute approximate surface area is 227 Å². The molecule has 4 aromatic rings. The lowest BCUT2D eigenvalue weighted by molar-refractivity contribution is -0.113. The van der Waals surface area contributed by atoms with Gasteiger partial charge in [-0.25, -0.2) is 4.68 Å². The van der Waals surface area contributed by atoms with E-state index in [2.05, 4.69) is 17.6 Å². The number of hydrogen-bond acceptors (Lipinski definition) is 6. The number of nitrogens with one attached hydrogen (secondary N) is 2. The number of hydrogen-bond donors (Lipinski definition) is 2. The van der Waals surface area contributed by atoms with Crippen molar-refractivity contribution in [3.63, 3.8) is 0 Å². The highest BCUT2D eigenvalue weighted by molar-refractivity contribution is 7.99. The molecule has 0 bridgehead atoms. The molecule has 1 aromatic heterocycles. The Hall–Kier alpha value is -4.04. The van der Waals surface area contributed by atoms with E-state index >= 15 is 0 Å². The third-order valence-corrected chi connectivity index (χ3v) is 7.25. The zero-order chi connectivity index (χ0) is 26.5. The highest BCUT2D eigenvalue weighted by atomic mass is 32.2. The Balaban J connectivity index is 1.50. The van der Waals surface area contributed by atoms with Crippen molar-refractivity contribution in [2.45, 2.75) is 45.0 Å². The van der Waals surface area contributed by atoms with Crippen LogP contribution in [0.2, 0.25) is 0 Å². The molecule has 38 heavy (non-hydrogen) atoms. The van der Waals surface area contributed by atoms with E-state index in [9.17, 15) is 4.79 Å². The van der Waals surface area contributed by atoms with Gasteiger partial charge in [0, 0.05) is 17.1 Å². The van der Waals surface area contributed by atoms with E-state index < -0.39 is 6.04 Å². The van der Waals surface area contributed by atoms with Gasteiger partial charge in [-0.3, -0.25) is 4.79 Å². The van der Waals surface area contributed by atoms with E-state index in [-0.39, 0.29) is 5.91 Å². The van der Waals surface area contributed by atoms with E-state index in [1.807, 2.05) is 97.4 Å². The third kappa shape index (κ3) is 5.75. The number of anilines is 2. The van der Waals surface area contributed by atoms with Gasteiger partial charge in [0.2, 0.25) is 11.1 Å². The van der Waals surface area contributed by atoms with E-state index in [0.717, 1.165) is 46.0 Å². The predicted molar refractivity (Wildman–Crippen MR) is 153 cm³/mol. The smallest absolute Gasteiger partial charge is 0.255 e. The summed E-state index contributed by atoms with van der Waals surface area (Å²) in [5, 5.41) is 11.9. The summed E-state index contributed by atoms with van der Waals surface area (Å²) < 4.78 is 7.93. The van der Waals surface area contributed by atoms with Gasteiger partial charge in [-0.05, 0) is 61.2 Å². The average molecular weight is 526 g/mol. The normalized spacial score (nSPS) is 14.6. The highest BCUT2D eigenvalue weighted by Crippen LogP contribution is 2.38. The average Bonchev–Trinajstić information content (AvgIpc) is 3.33. The maximum atomic E-state index is 13.8. The lowest BCUT2D eigenvalue weighted by Gasteiger charge is -2.29. The first-order valence-electron chi connectivity index (χ1n) is 12.7. The van der Waals surface area contributed by atoms with Crippen molar-refractivity contribution in [2.24, 2.45) is 0 Å². The number of rotatable bonds is 9. The second-order valence-corrected chi connectivity index (χ2v) is 10.3. The van der Waals surface area contributed by atoms with Crippen LogP contribution in [0.15, 0.2) is 95.3 Å². The van der Waals surface area contributed by atoms with Crippen LogP contribution in [0.25, 0.3) is 0 Å². The molecule has 0 saturated heterocycles. The van der Waals surface area contributed by atoms with E-state index in [1.165, 1.54) is 0 Å². The van der Waals surface area contributed by atoms with E-state index in [0.29, 0.717) is 23.3 Å². The van der Waals surface area contributed by atoms with Gasteiger partial charge in [0.15, 0.2) is 0 Å². The molecule has 5 rings (SSSR count). The fourth-order valence-electron chi connectivity index (χ4n) is 4.42. The number of fused-ring (bicyclic) bond motifs is 1. The van der Waals surface area contributed by atoms with Crippen LogP contribution in [0.4, 0.5) is 11.6 Å². The summed E-state index contributed by atoms with van der Waals surface area (Å²) >= 11 is 1.61. The number of aryl methyl sites for hydroxylation is 1. The van der Waals surface area contributed by atoms with Gasteiger partial charge in [0.1, 0.15) is 18.4 Å². The quantitative estimate of drug-likeness (QED) is 0.240. The first-order chi connectivity index (χ1) is 18.5. The van der Waals surface area contributed by atoms with Crippen molar-refractivity contribution in [3.8, 4) is 5.75 Å². The Kier molecular flexibility index (Phi) is 7.79. The molecule has 2 N–H and O–H groups in total. The van der Waals surface area contributed by atoms with Crippen molar-refractivity contribution in [1.82, 2.24) is 14.8 Å². The predicted octanol–water partition coefficient (Wildman–Crippen LogP) is 6.60. The number of nitrogens with zero attached hydrogens (tertiary/aromatic N) is 3. The molecule has 1 aliphatic rings. The molecular formula is C30H31N5O2S. The zero-order valence-electron chi connectivity index (χ0n) is 21.8. The Bertz CT molecular complexity index is 1460. The number of aromatic nitrogens is 3. The summed E-state index contributed by atoms with van der Waals surface area (Å²) in [4.78, 5) is 18.5. The van der Waals surface area contributed by atoms with Crippen LogP contribution in [0.1, 0.15) is 43.0 Å². The summed E-state index contributed by atoms with van der Waals surface area (Å²) in [5.74, 6) is 2.08. The van der Waals surface area contributed by atoms with Crippen LogP contribution in [0.3, 0.4) is 0 Å². The number of amides is 1. The van der Waals surface area contributed by atoms with Gasteiger partial charge in [-0.15, -0.1) is 5.10 Å². The maximum Gasteiger partial charge on any atom is 0.255 e. The number of carbonyl (C=O) groups is 1. The van der Waals surface area contributed by atoms with Gasteiger partial charge in [0.05, 0.1) is 5.57 Å². The number of thioether (sulfide) groups is 1. The fraction of sp³-hybridized carbons (Fsp3) is 0.233. The molecule has 0 spiro atoms. The first kappa shape index (κ1) is 25.6. The lowest BCUT2D eigenvalue weighted by atomic mass is 9.94. The van der Waals surface area contributed by atoms with Gasteiger partial charge in [-0.2, -0.15) is 4.98 Å². The lowest BCUT2D eigenvalue weighted by Crippen LogP contribution is -2.31. The topological polar surface area (TPSA) is 81.1 Å². The zero-order valence-corrected chi connectivity index (χ0v) is 22.6. The molecule has 0 radical (unpaired) electrons. The molecule has 0 fully saturated rings. The maximum absolute atomic E-state index is 13.8. The monoisotopic (exact) mass is 525 g/mol. The van der Waals surface area contributed by atoms with E-state index in [1.54, 1.807) is 11.8 Å². The number of carbonyl (C=O) groups excluding carboxylic acids is 1. The minimum absolute atomic E-state index is 0.190. The van der Waals surface area contributed by atoms with Crippen LogP contribution >= 0.6 is 11.8 Å². The SMILES string of the molecule is CCCSc1nc2n(n1)C(c1cccc(OCc3ccccc3)c1)C(C(=O)Nc1cccc(C)c1)=C(C)N2. The minimum Gasteiger partial charge on any atom is -0.489 e. The Morgan fingerprint density at radius 1 is 1.05 bits per heavy atom. The van der Waals surface area contributed by atoms with Crippen molar-refractivity contribution in [2.75, 3.05) is 16.4 Å². The standard InChI is InChI=1S/C30H31N5O2S/c1-4-16-38-30-33-29-31-21(3)26(28(36)32-24-14-8-10-20(2)17-24)27(35(29)34-30)23-13-9-15-25(18-23)37-19-22-11-6-5-7-12-22/h5-15,17-18,27H,4,16,19H2,1-3H3,(H,32,36)(H,31,33,34). The van der Waals surface area contributed by atoms with Crippen molar-refractivity contribution < 1.29 is 9.53 Å². The van der Waals surface area contributed by atoms with Crippen molar-refractivity contribution in [3.05, 3.63) is 107 Å². The molecule has 1 amide bonds. The molecule has 3 aromatic carbocycles. The second-order valence-electron chi connectivity index (χ2n) is 9.25. The van der Waals surface area contributed by atoms with Crippen LogP contribution in [-0.4, -0.2) is 26.4 Å². The van der Waals surface area contributed by atoms with Gasteiger partial charge >= 0.3 is 0 Å². The van der Waals surface area contributed by atoms with Crippen molar-refractivity contribution >= 4 is 29.3 Å². The Morgan fingerprint density at radius 2 is 1.87 bits per heavy atom. The van der Waals surface area contributed by atoms with Crippen molar-refractivity contribution in [1.29, 1.82) is 0 Å². The minimum atomic E-state index is -0.472. The fourth-order valence-corrected chi connectivity index (χ4v) is 5.11. The summed E-state index contributed by atoms with van der Waals surface area (Å²) in [6.07, 6.45) is 1.02.